The quantitative estimate of drug-likeness (QED) is 0.742. The van der Waals surface area contributed by atoms with E-state index in [-0.39, 0.29) is 6.04 Å². The van der Waals surface area contributed by atoms with E-state index in [1.54, 1.807) is 0 Å². The summed E-state index contributed by atoms with van der Waals surface area (Å²) in [4.78, 5) is 0. The van der Waals surface area contributed by atoms with Gasteiger partial charge < -0.3 is 5.32 Å². The fraction of sp³-hybridized carbons (Fsp3) is 0.615. The molecule has 0 saturated heterocycles. The van der Waals surface area contributed by atoms with Gasteiger partial charge in [0.25, 0.3) is 0 Å². The number of aryl methyl sites for hydroxylation is 2. The molecule has 0 bridgehead atoms. The summed E-state index contributed by atoms with van der Waals surface area (Å²) in [6, 6.07) is 0.244. The Morgan fingerprint density at radius 1 is 1.56 bits per heavy atom. The van der Waals surface area contributed by atoms with Crippen LogP contribution in [0.3, 0.4) is 0 Å². The summed E-state index contributed by atoms with van der Waals surface area (Å²) < 4.78 is 1.87. The first-order valence-corrected chi connectivity index (χ1v) is 5.92. The minimum absolute atomic E-state index is 0.244. The van der Waals surface area contributed by atoms with Gasteiger partial charge in [-0.3, -0.25) is 4.68 Å². The normalized spacial score (nSPS) is 12.4. The number of rotatable bonds is 6. The van der Waals surface area contributed by atoms with Crippen molar-refractivity contribution in [3.05, 3.63) is 17.5 Å². The Balaban J connectivity index is 2.86. The molecule has 1 aromatic heterocycles. The maximum Gasteiger partial charge on any atom is 0.0669 e. The van der Waals surface area contributed by atoms with Gasteiger partial charge in [0.05, 0.1) is 5.69 Å². The SMILES string of the molecule is C#CCC(NCCC)c1cn(C)nc1CC. The molecular weight excluding hydrogens is 198 g/mol. The highest BCUT2D eigenvalue weighted by Gasteiger charge is 2.15. The molecule has 0 spiro atoms. The van der Waals surface area contributed by atoms with Crippen LogP contribution in [0.5, 0.6) is 0 Å². The fourth-order valence-electron chi connectivity index (χ4n) is 1.85. The highest BCUT2D eigenvalue weighted by atomic mass is 15.3. The lowest BCUT2D eigenvalue weighted by Crippen LogP contribution is -2.22. The largest absolute Gasteiger partial charge is 0.309 e. The van der Waals surface area contributed by atoms with Crippen LogP contribution < -0.4 is 5.32 Å². The molecule has 0 aromatic carbocycles. The van der Waals surface area contributed by atoms with Crippen LogP contribution in [0.4, 0.5) is 0 Å². The molecule has 0 saturated carbocycles. The van der Waals surface area contributed by atoms with Gasteiger partial charge in [-0.15, -0.1) is 12.3 Å². The van der Waals surface area contributed by atoms with E-state index in [0.717, 1.165) is 31.5 Å². The van der Waals surface area contributed by atoms with Gasteiger partial charge in [-0.25, -0.2) is 0 Å². The molecule has 1 heterocycles. The van der Waals surface area contributed by atoms with Crippen molar-refractivity contribution in [1.29, 1.82) is 0 Å². The van der Waals surface area contributed by atoms with Crippen molar-refractivity contribution in [2.75, 3.05) is 6.54 Å². The number of nitrogens with one attached hydrogen (secondary N) is 1. The minimum Gasteiger partial charge on any atom is -0.309 e. The molecule has 1 atom stereocenters. The molecular formula is C13H21N3. The van der Waals surface area contributed by atoms with E-state index in [2.05, 4.69) is 36.4 Å². The molecule has 3 heteroatoms. The molecule has 1 rings (SSSR count). The zero-order valence-electron chi connectivity index (χ0n) is 10.5. The maximum absolute atomic E-state index is 5.42. The lowest BCUT2D eigenvalue weighted by molar-refractivity contribution is 0.539. The summed E-state index contributed by atoms with van der Waals surface area (Å²) >= 11 is 0. The second-order valence-electron chi connectivity index (χ2n) is 3.97. The third kappa shape index (κ3) is 3.11. The van der Waals surface area contributed by atoms with Gasteiger partial charge in [-0.1, -0.05) is 13.8 Å². The van der Waals surface area contributed by atoms with Crippen molar-refractivity contribution in [3.8, 4) is 12.3 Å². The molecule has 0 radical (unpaired) electrons. The van der Waals surface area contributed by atoms with E-state index < -0.39 is 0 Å². The summed E-state index contributed by atoms with van der Waals surface area (Å²) in [7, 11) is 1.95. The first kappa shape index (κ1) is 12.8. The second kappa shape index (κ2) is 6.34. The van der Waals surface area contributed by atoms with Crippen LogP contribution in [-0.4, -0.2) is 16.3 Å². The summed E-state index contributed by atoms with van der Waals surface area (Å²) in [5, 5.41) is 7.93. The predicted octanol–water partition coefficient (Wildman–Crippen LogP) is 2.05. The fourth-order valence-corrected chi connectivity index (χ4v) is 1.85. The monoisotopic (exact) mass is 219 g/mol. The average molecular weight is 219 g/mol. The van der Waals surface area contributed by atoms with Crippen molar-refractivity contribution in [2.45, 2.75) is 39.2 Å². The number of terminal acetylenes is 1. The van der Waals surface area contributed by atoms with Gasteiger partial charge in [0, 0.05) is 31.3 Å². The highest BCUT2D eigenvalue weighted by molar-refractivity contribution is 5.23. The predicted molar refractivity (Wildman–Crippen MR) is 67.1 cm³/mol. The van der Waals surface area contributed by atoms with Gasteiger partial charge in [0.15, 0.2) is 0 Å². The Labute approximate surface area is 98.2 Å². The van der Waals surface area contributed by atoms with E-state index in [1.165, 1.54) is 5.56 Å². The van der Waals surface area contributed by atoms with Crippen LogP contribution in [0.2, 0.25) is 0 Å². The Morgan fingerprint density at radius 2 is 2.31 bits per heavy atom. The Morgan fingerprint density at radius 3 is 2.88 bits per heavy atom. The standard InChI is InChI=1S/C13H21N3/c1-5-8-13(14-9-6-2)11-10-16(4)15-12(11)7-3/h1,10,13-14H,6-9H2,2-4H3. The summed E-state index contributed by atoms with van der Waals surface area (Å²) in [5.41, 5.74) is 2.39. The molecule has 0 aliphatic rings. The van der Waals surface area contributed by atoms with Crippen molar-refractivity contribution in [1.82, 2.24) is 15.1 Å². The smallest absolute Gasteiger partial charge is 0.0669 e. The van der Waals surface area contributed by atoms with Crippen LogP contribution >= 0.6 is 0 Å². The van der Waals surface area contributed by atoms with Gasteiger partial charge in [-0.2, -0.15) is 5.10 Å². The average Bonchev–Trinajstić information content (AvgIpc) is 2.65. The molecule has 1 aromatic rings. The summed E-state index contributed by atoms with van der Waals surface area (Å²) in [6.07, 6.45) is 10.3. The second-order valence-corrected chi connectivity index (χ2v) is 3.97. The van der Waals surface area contributed by atoms with Gasteiger partial charge in [-0.05, 0) is 19.4 Å². The maximum atomic E-state index is 5.42. The molecule has 88 valence electrons. The zero-order chi connectivity index (χ0) is 12.0. The summed E-state index contributed by atoms with van der Waals surface area (Å²) in [5.74, 6) is 2.74. The lowest BCUT2D eigenvalue weighted by Gasteiger charge is -2.15. The van der Waals surface area contributed by atoms with Crippen molar-refractivity contribution in [3.63, 3.8) is 0 Å². The van der Waals surface area contributed by atoms with E-state index in [0.29, 0.717) is 0 Å². The third-order valence-corrected chi connectivity index (χ3v) is 2.61. The van der Waals surface area contributed by atoms with E-state index in [1.807, 2.05) is 11.7 Å². The van der Waals surface area contributed by atoms with Crippen LogP contribution in [0.1, 0.15) is 44.0 Å². The highest BCUT2D eigenvalue weighted by Crippen LogP contribution is 2.20. The minimum atomic E-state index is 0.244. The molecule has 0 aliphatic carbocycles. The molecule has 1 N–H and O–H groups in total. The Kier molecular flexibility index (Phi) is 5.07. The number of aromatic nitrogens is 2. The first-order chi connectivity index (χ1) is 7.72. The van der Waals surface area contributed by atoms with Crippen molar-refractivity contribution >= 4 is 0 Å². The Hall–Kier alpha value is -1.27. The number of nitrogens with zero attached hydrogens (tertiary/aromatic N) is 2. The first-order valence-electron chi connectivity index (χ1n) is 5.92. The molecule has 16 heavy (non-hydrogen) atoms. The van der Waals surface area contributed by atoms with Crippen LogP contribution in [-0.2, 0) is 13.5 Å². The van der Waals surface area contributed by atoms with Gasteiger partial charge in [0.1, 0.15) is 0 Å². The molecule has 0 fully saturated rings. The summed E-state index contributed by atoms with van der Waals surface area (Å²) in [6.45, 7) is 5.27. The van der Waals surface area contributed by atoms with E-state index in [4.69, 9.17) is 6.42 Å². The third-order valence-electron chi connectivity index (χ3n) is 2.61. The van der Waals surface area contributed by atoms with Crippen LogP contribution in [0.25, 0.3) is 0 Å². The number of hydrogen-bond acceptors (Lipinski definition) is 2. The van der Waals surface area contributed by atoms with Gasteiger partial charge >= 0.3 is 0 Å². The zero-order valence-corrected chi connectivity index (χ0v) is 10.5. The van der Waals surface area contributed by atoms with Crippen LogP contribution in [0, 0.1) is 12.3 Å². The number of hydrogen-bond donors (Lipinski definition) is 1. The topological polar surface area (TPSA) is 29.9 Å². The molecule has 0 amide bonds. The lowest BCUT2D eigenvalue weighted by atomic mass is 10.0. The molecule has 0 aliphatic heterocycles. The van der Waals surface area contributed by atoms with Crippen molar-refractivity contribution in [2.24, 2.45) is 7.05 Å². The van der Waals surface area contributed by atoms with E-state index >= 15 is 0 Å². The van der Waals surface area contributed by atoms with Crippen LogP contribution in [0.15, 0.2) is 6.20 Å². The Bertz CT molecular complexity index is 360. The van der Waals surface area contributed by atoms with Gasteiger partial charge in [0.2, 0.25) is 0 Å². The van der Waals surface area contributed by atoms with E-state index in [9.17, 15) is 0 Å². The molecule has 3 nitrogen and oxygen atoms in total. The molecule has 1 unspecified atom stereocenters. The van der Waals surface area contributed by atoms with Crippen molar-refractivity contribution < 1.29 is 0 Å².